The molecular weight excluding hydrogens is 240 g/mol. The number of hydrogen-bond acceptors (Lipinski definition) is 2. The second kappa shape index (κ2) is 3.05. The summed E-state index contributed by atoms with van der Waals surface area (Å²) in [6.07, 6.45) is -3.52. The van der Waals surface area contributed by atoms with Crippen LogP contribution in [0, 0.1) is 0 Å². The Balaban J connectivity index is 1.91. The predicted molar refractivity (Wildman–Crippen MR) is 49.6 cm³/mol. The Morgan fingerprint density at radius 3 is 2.35 bits per heavy atom. The lowest BCUT2D eigenvalue weighted by Crippen LogP contribution is -2.36. The molecule has 1 aromatic carbocycles. The standard InChI is InChI=1S/C11H8F4O2/c12-10(13)4-3-7(10)6-1-2-8-9(5-6)17-11(14,15)16-8/h1-2,5,7H,3-4H2. The summed E-state index contributed by atoms with van der Waals surface area (Å²) < 4.78 is 60.2. The van der Waals surface area contributed by atoms with Crippen molar-refractivity contribution in [2.75, 3.05) is 0 Å². The lowest BCUT2D eigenvalue weighted by molar-refractivity contribution is -0.286. The summed E-state index contributed by atoms with van der Waals surface area (Å²) in [5.74, 6) is -3.97. The Kier molecular flexibility index (Phi) is 1.92. The molecule has 0 bridgehead atoms. The van der Waals surface area contributed by atoms with E-state index in [4.69, 9.17) is 0 Å². The molecule has 0 N–H and O–H groups in total. The Bertz CT molecular complexity index is 473. The van der Waals surface area contributed by atoms with Crippen LogP contribution in [0.2, 0.25) is 0 Å². The molecule has 1 aliphatic heterocycles. The average Bonchev–Trinajstić information content (AvgIpc) is 2.49. The minimum Gasteiger partial charge on any atom is -0.395 e. The van der Waals surface area contributed by atoms with Crippen LogP contribution >= 0.6 is 0 Å². The largest absolute Gasteiger partial charge is 0.586 e. The van der Waals surface area contributed by atoms with Crippen LogP contribution in [0.4, 0.5) is 17.6 Å². The lowest BCUT2D eigenvalue weighted by Gasteiger charge is -2.36. The van der Waals surface area contributed by atoms with E-state index >= 15 is 0 Å². The monoisotopic (exact) mass is 248 g/mol. The quantitative estimate of drug-likeness (QED) is 0.708. The fraction of sp³-hybridized carbons (Fsp3) is 0.455. The molecule has 1 aromatic rings. The number of benzene rings is 1. The van der Waals surface area contributed by atoms with Crippen molar-refractivity contribution in [3.63, 3.8) is 0 Å². The zero-order valence-electron chi connectivity index (χ0n) is 8.55. The first-order chi connectivity index (χ1) is 7.87. The molecule has 1 heterocycles. The van der Waals surface area contributed by atoms with Gasteiger partial charge in [-0.05, 0) is 24.1 Å². The minimum atomic E-state index is -3.71. The molecule has 0 radical (unpaired) electrons. The van der Waals surface area contributed by atoms with Crippen LogP contribution in [0.1, 0.15) is 24.3 Å². The van der Waals surface area contributed by atoms with Crippen molar-refractivity contribution in [1.82, 2.24) is 0 Å². The number of alkyl halides is 4. The van der Waals surface area contributed by atoms with Gasteiger partial charge in [-0.3, -0.25) is 0 Å². The molecule has 1 unspecified atom stereocenters. The summed E-state index contributed by atoms with van der Waals surface area (Å²) in [5, 5.41) is 0. The second-order valence-electron chi connectivity index (χ2n) is 4.23. The van der Waals surface area contributed by atoms with E-state index < -0.39 is 18.1 Å². The van der Waals surface area contributed by atoms with Crippen LogP contribution in [0.5, 0.6) is 11.5 Å². The van der Waals surface area contributed by atoms with Crippen molar-refractivity contribution in [2.45, 2.75) is 31.0 Å². The van der Waals surface area contributed by atoms with Crippen molar-refractivity contribution in [2.24, 2.45) is 0 Å². The zero-order chi connectivity index (χ0) is 12.3. The number of rotatable bonds is 1. The van der Waals surface area contributed by atoms with E-state index in [-0.39, 0.29) is 17.9 Å². The van der Waals surface area contributed by atoms with E-state index in [0.717, 1.165) is 0 Å². The first-order valence-electron chi connectivity index (χ1n) is 5.15. The molecule has 17 heavy (non-hydrogen) atoms. The van der Waals surface area contributed by atoms with Gasteiger partial charge >= 0.3 is 6.29 Å². The van der Waals surface area contributed by atoms with E-state index in [2.05, 4.69) is 9.47 Å². The maximum absolute atomic E-state index is 13.2. The molecule has 1 atom stereocenters. The van der Waals surface area contributed by atoms with E-state index in [0.29, 0.717) is 12.0 Å². The highest BCUT2D eigenvalue weighted by Crippen LogP contribution is 2.52. The molecule has 92 valence electrons. The smallest absolute Gasteiger partial charge is 0.395 e. The fourth-order valence-electron chi connectivity index (χ4n) is 2.10. The maximum atomic E-state index is 13.2. The molecule has 1 fully saturated rings. The lowest BCUT2D eigenvalue weighted by atomic mass is 9.76. The first-order valence-corrected chi connectivity index (χ1v) is 5.15. The molecule has 2 nitrogen and oxygen atoms in total. The summed E-state index contributed by atoms with van der Waals surface area (Å²) in [6, 6.07) is 3.81. The van der Waals surface area contributed by atoms with Crippen LogP contribution in [-0.4, -0.2) is 12.2 Å². The fourth-order valence-corrected chi connectivity index (χ4v) is 2.10. The van der Waals surface area contributed by atoms with E-state index in [1.807, 2.05) is 0 Å². The Morgan fingerprint density at radius 2 is 1.76 bits per heavy atom. The van der Waals surface area contributed by atoms with Crippen molar-refractivity contribution in [3.8, 4) is 11.5 Å². The molecule has 2 aliphatic rings. The van der Waals surface area contributed by atoms with Crippen molar-refractivity contribution in [1.29, 1.82) is 0 Å². The third-order valence-electron chi connectivity index (χ3n) is 3.10. The highest BCUT2D eigenvalue weighted by Gasteiger charge is 2.50. The van der Waals surface area contributed by atoms with Crippen LogP contribution in [-0.2, 0) is 0 Å². The van der Waals surface area contributed by atoms with Gasteiger partial charge in [0, 0.05) is 12.3 Å². The zero-order valence-corrected chi connectivity index (χ0v) is 8.55. The summed E-state index contributed by atoms with van der Waals surface area (Å²) >= 11 is 0. The van der Waals surface area contributed by atoms with Gasteiger partial charge in [0.15, 0.2) is 11.5 Å². The first kappa shape index (κ1) is 10.7. The van der Waals surface area contributed by atoms with Crippen molar-refractivity contribution >= 4 is 0 Å². The third kappa shape index (κ3) is 1.62. The van der Waals surface area contributed by atoms with Gasteiger partial charge in [-0.25, -0.2) is 8.78 Å². The second-order valence-corrected chi connectivity index (χ2v) is 4.23. The SMILES string of the molecule is FC1(F)Oc2ccc(C3CCC3(F)F)cc2O1. The van der Waals surface area contributed by atoms with Crippen LogP contribution in [0.3, 0.4) is 0 Å². The molecule has 3 rings (SSSR count). The predicted octanol–water partition coefficient (Wildman–Crippen LogP) is 3.52. The molecular formula is C11H8F4O2. The molecule has 0 saturated heterocycles. The molecule has 0 amide bonds. The third-order valence-corrected chi connectivity index (χ3v) is 3.10. The summed E-state index contributed by atoms with van der Waals surface area (Å²) in [6.45, 7) is 0. The van der Waals surface area contributed by atoms with Gasteiger partial charge in [-0.1, -0.05) is 6.07 Å². The van der Waals surface area contributed by atoms with Crippen LogP contribution in [0.15, 0.2) is 18.2 Å². The topological polar surface area (TPSA) is 18.5 Å². The van der Waals surface area contributed by atoms with Gasteiger partial charge in [0.05, 0.1) is 0 Å². The van der Waals surface area contributed by atoms with Gasteiger partial charge < -0.3 is 9.47 Å². The maximum Gasteiger partial charge on any atom is 0.586 e. The minimum absolute atomic E-state index is 0.124. The number of hydrogen-bond donors (Lipinski definition) is 0. The Morgan fingerprint density at radius 1 is 1.06 bits per heavy atom. The highest BCUT2D eigenvalue weighted by atomic mass is 19.3. The van der Waals surface area contributed by atoms with E-state index in [1.165, 1.54) is 18.2 Å². The number of halogens is 4. The summed E-state index contributed by atoms with van der Waals surface area (Å²) in [4.78, 5) is 0. The molecule has 0 aromatic heterocycles. The molecule has 1 aliphatic carbocycles. The van der Waals surface area contributed by atoms with E-state index in [9.17, 15) is 17.6 Å². The summed E-state index contributed by atoms with van der Waals surface area (Å²) in [5.41, 5.74) is 0.307. The average molecular weight is 248 g/mol. The number of ether oxygens (including phenoxy) is 2. The van der Waals surface area contributed by atoms with Gasteiger partial charge in [-0.2, -0.15) is 0 Å². The summed E-state index contributed by atoms with van der Waals surface area (Å²) in [7, 11) is 0. The molecule has 0 spiro atoms. The van der Waals surface area contributed by atoms with Gasteiger partial charge in [0.2, 0.25) is 0 Å². The van der Waals surface area contributed by atoms with Crippen LogP contribution < -0.4 is 9.47 Å². The molecule has 1 saturated carbocycles. The number of fused-ring (bicyclic) bond motifs is 1. The van der Waals surface area contributed by atoms with Gasteiger partial charge in [0.25, 0.3) is 5.92 Å². The van der Waals surface area contributed by atoms with E-state index in [1.54, 1.807) is 0 Å². The van der Waals surface area contributed by atoms with Crippen molar-refractivity contribution in [3.05, 3.63) is 23.8 Å². The molecule has 6 heteroatoms. The normalized spacial score (nSPS) is 27.6. The van der Waals surface area contributed by atoms with Gasteiger partial charge in [0.1, 0.15) is 0 Å². The highest BCUT2D eigenvalue weighted by molar-refractivity contribution is 5.46. The van der Waals surface area contributed by atoms with Gasteiger partial charge in [-0.15, -0.1) is 8.78 Å². The van der Waals surface area contributed by atoms with Crippen molar-refractivity contribution < 1.29 is 27.0 Å². The van der Waals surface area contributed by atoms with Crippen LogP contribution in [0.25, 0.3) is 0 Å². The Labute approximate surface area is 94.1 Å². The Hall–Kier alpha value is -1.46.